The third kappa shape index (κ3) is 3.54. The molecule has 1 aliphatic rings. The van der Waals surface area contributed by atoms with Gasteiger partial charge in [-0.3, -0.25) is 9.69 Å². The van der Waals surface area contributed by atoms with Gasteiger partial charge in [0.1, 0.15) is 5.01 Å². The Kier molecular flexibility index (Phi) is 4.55. The van der Waals surface area contributed by atoms with E-state index in [0.29, 0.717) is 6.54 Å². The predicted molar refractivity (Wildman–Crippen MR) is 87.9 cm³/mol. The Labute approximate surface area is 134 Å². The molecule has 1 aliphatic heterocycles. The zero-order valence-corrected chi connectivity index (χ0v) is 13.5. The summed E-state index contributed by atoms with van der Waals surface area (Å²) in [6, 6.07) is 8.38. The highest BCUT2D eigenvalue weighted by Gasteiger charge is 2.25. The van der Waals surface area contributed by atoms with E-state index in [-0.39, 0.29) is 5.92 Å². The SMILES string of the molecule is Cc1ccc(-c2nc(CN3CCCC(C(=O)O)C3)cs2)cc1. The average Bonchev–Trinajstić information content (AvgIpc) is 2.96. The molecular weight excluding hydrogens is 296 g/mol. The summed E-state index contributed by atoms with van der Waals surface area (Å²) in [4.78, 5) is 18.0. The fraction of sp³-hybridized carbons (Fsp3) is 0.412. The number of piperidine rings is 1. The second-order valence-electron chi connectivity index (χ2n) is 5.92. The number of carboxylic acid groups (broad SMARTS) is 1. The average molecular weight is 316 g/mol. The molecule has 1 unspecified atom stereocenters. The highest BCUT2D eigenvalue weighted by atomic mass is 32.1. The highest BCUT2D eigenvalue weighted by Crippen LogP contribution is 2.25. The Morgan fingerprint density at radius 2 is 2.18 bits per heavy atom. The summed E-state index contributed by atoms with van der Waals surface area (Å²) < 4.78 is 0. The maximum Gasteiger partial charge on any atom is 0.307 e. The molecule has 1 saturated heterocycles. The molecule has 1 aromatic carbocycles. The monoisotopic (exact) mass is 316 g/mol. The Morgan fingerprint density at radius 1 is 1.41 bits per heavy atom. The normalized spacial score (nSPS) is 19.2. The van der Waals surface area contributed by atoms with Gasteiger partial charge in [0.25, 0.3) is 0 Å². The van der Waals surface area contributed by atoms with Crippen molar-refractivity contribution in [3.63, 3.8) is 0 Å². The van der Waals surface area contributed by atoms with Gasteiger partial charge in [-0.05, 0) is 26.3 Å². The van der Waals surface area contributed by atoms with Crippen LogP contribution in [0.25, 0.3) is 10.6 Å². The zero-order chi connectivity index (χ0) is 15.5. The summed E-state index contributed by atoms with van der Waals surface area (Å²) >= 11 is 1.65. The molecule has 0 bridgehead atoms. The van der Waals surface area contributed by atoms with E-state index in [1.807, 2.05) is 0 Å². The van der Waals surface area contributed by atoms with Gasteiger partial charge < -0.3 is 5.11 Å². The maximum absolute atomic E-state index is 11.1. The van der Waals surface area contributed by atoms with Crippen LogP contribution in [0, 0.1) is 12.8 Å². The van der Waals surface area contributed by atoms with E-state index >= 15 is 0 Å². The van der Waals surface area contributed by atoms with Crippen molar-refractivity contribution in [1.29, 1.82) is 0 Å². The smallest absolute Gasteiger partial charge is 0.307 e. The van der Waals surface area contributed by atoms with Gasteiger partial charge >= 0.3 is 5.97 Å². The van der Waals surface area contributed by atoms with Gasteiger partial charge in [0.2, 0.25) is 0 Å². The van der Waals surface area contributed by atoms with Gasteiger partial charge in [-0.2, -0.15) is 0 Å². The molecule has 4 nitrogen and oxygen atoms in total. The molecule has 1 atom stereocenters. The highest BCUT2D eigenvalue weighted by molar-refractivity contribution is 7.13. The van der Waals surface area contributed by atoms with Gasteiger partial charge in [0.05, 0.1) is 11.6 Å². The lowest BCUT2D eigenvalue weighted by atomic mass is 9.98. The van der Waals surface area contributed by atoms with Crippen LogP contribution in [0.4, 0.5) is 0 Å². The lowest BCUT2D eigenvalue weighted by Crippen LogP contribution is -2.38. The van der Waals surface area contributed by atoms with Crippen molar-refractivity contribution in [2.45, 2.75) is 26.3 Å². The number of carbonyl (C=O) groups is 1. The number of rotatable bonds is 4. The minimum atomic E-state index is -0.677. The summed E-state index contributed by atoms with van der Waals surface area (Å²) in [7, 11) is 0. The van der Waals surface area contributed by atoms with Gasteiger partial charge in [0.15, 0.2) is 0 Å². The van der Waals surface area contributed by atoms with Crippen LogP contribution in [0.2, 0.25) is 0 Å². The van der Waals surface area contributed by atoms with Crippen molar-refractivity contribution in [3.05, 3.63) is 40.9 Å². The second kappa shape index (κ2) is 6.58. The molecule has 5 heteroatoms. The molecule has 0 radical (unpaired) electrons. The lowest BCUT2D eigenvalue weighted by Gasteiger charge is -2.29. The first-order valence-corrected chi connectivity index (χ1v) is 8.46. The molecule has 0 aliphatic carbocycles. The fourth-order valence-electron chi connectivity index (χ4n) is 2.84. The number of aromatic nitrogens is 1. The van der Waals surface area contributed by atoms with E-state index < -0.39 is 5.97 Å². The zero-order valence-electron chi connectivity index (χ0n) is 12.7. The van der Waals surface area contributed by atoms with Crippen LogP contribution in [-0.4, -0.2) is 34.0 Å². The van der Waals surface area contributed by atoms with Gasteiger partial charge in [-0.15, -0.1) is 11.3 Å². The molecule has 1 aromatic heterocycles. The first-order valence-electron chi connectivity index (χ1n) is 7.58. The number of aryl methyl sites for hydroxylation is 1. The Bertz CT molecular complexity index is 651. The Balaban J connectivity index is 1.66. The summed E-state index contributed by atoms with van der Waals surface area (Å²) in [5, 5.41) is 12.3. The molecule has 2 heterocycles. The second-order valence-corrected chi connectivity index (χ2v) is 6.78. The van der Waals surface area contributed by atoms with Gasteiger partial charge in [-0.1, -0.05) is 29.8 Å². The number of carboxylic acids is 1. The van der Waals surface area contributed by atoms with Crippen LogP contribution < -0.4 is 0 Å². The van der Waals surface area contributed by atoms with E-state index in [2.05, 4.69) is 41.5 Å². The summed E-state index contributed by atoms with van der Waals surface area (Å²) in [6.45, 7) is 4.41. The maximum atomic E-state index is 11.1. The molecule has 116 valence electrons. The molecule has 0 spiro atoms. The molecular formula is C17H20N2O2S. The number of likely N-dealkylation sites (tertiary alicyclic amines) is 1. The molecule has 1 N–H and O–H groups in total. The Hall–Kier alpha value is -1.72. The molecule has 3 rings (SSSR count). The topological polar surface area (TPSA) is 53.4 Å². The predicted octanol–water partition coefficient (Wildman–Crippen LogP) is 3.42. The van der Waals surface area contributed by atoms with Crippen LogP contribution in [0.5, 0.6) is 0 Å². The molecule has 2 aromatic rings. The third-order valence-corrected chi connectivity index (χ3v) is 5.03. The first kappa shape index (κ1) is 15.2. The Morgan fingerprint density at radius 3 is 2.91 bits per heavy atom. The standard InChI is InChI=1S/C17H20N2O2S/c1-12-4-6-13(7-5-12)16-18-15(11-22-16)10-19-8-2-3-14(9-19)17(20)21/h4-7,11,14H,2-3,8-10H2,1H3,(H,20,21). The van der Waals surface area contributed by atoms with Crippen molar-refractivity contribution < 1.29 is 9.90 Å². The fourth-order valence-corrected chi connectivity index (χ4v) is 3.66. The summed E-state index contributed by atoms with van der Waals surface area (Å²) in [5.41, 5.74) is 3.42. The van der Waals surface area contributed by atoms with Crippen molar-refractivity contribution in [3.8, 4) is 10.6 Å². The van der Waals surface area contributed by atoms with Crippen molar-refractivity contribution in [2.24, 2.45) is 5.92 Å². The number of benzene rings is 1. The molecule has 0 saturated carbocycles. The van der Waals surface area contributed by atoms with Crippen molar-refractivity contribution in [2.75, 3.05) is 13.1 Å². The van der Waals surface area contributed by atoms with E-state index in [1.54, 1.807) is 11.3 Å². The molecule has 1 fully saturated rings. The largest absolute Gasteiger partial charge is 0.481 e. The van der Waals surface area contributed by atoms with E-state index in [1.165, 1.54) is 5.56 Å². The first-order chi connectivity index (χ1) is 10.6. The summed E-state index contributed by atoms with van der Waals surface area (Å²) in [5.74, 6) is -0.910. The minimum absolute atomic E-state index is 0.232. The van der Waals surface area contributed by atoms with Gasteiger partial charge in [0, 0.05) is 24.0 Å². The van der Waals surface area contributed by atoms with E-state index in [4.69, 9.17) is 10.1 Å². The number of aliphatic carboxylic acids is 1. The quantitative estimate of drug-likeness (QED) is 0.939. The van der Waals surface area contributed by atoms with Crippen LogP contribution in [-0.2, 0) is 11.3 Å². The minimum Gasteiger partial charge on any atom is -0.481 e. The van der Waals surface area contributed by atoms with Gasteiger partial charge in [-0.25, -0.2) is 4.98 Å². The van der Waals surface area contributed by atoms with Crippen LogP contribution >= 0.6 is 11.3 Å². The number of hydrogen-bond acceptors (Lipinski definition) is 4. The van der Waals surface area contributed by atoms with Crippen molar-refractivity contribution in [1.82, 2.24) is 9.88 Å². The molecule has 22 heavy (non-hydrogen) atoms. The van der Waals surface area contributed by atoms with E-state index in [0.717, 1.165) is 42.2 Å². The third-order valence-electron chi connectivity index (χ3n) is 4.09. The van der Waals surface area contributed by atoms with Crippen molar-refractivity contribution >= 4 is 17.3 Å². The van der Waals surface area contributed by atoms with E-state index in [9.17, 15) is 4.79 Å². The lowest BCUT2D eigenvalue weighted by molar-refractivity contribution is -0.143. The summed E-state index contributed by atoms with van der Waals surface area (Å²) in [6.07, 6.45) is 1.74. The van der Waals surface area contributed by atoms with Crippen LogP contribution in [0.15, 0.2) is 29.6 Å². The number of thiazole rings is 1. The van der Waals surface area contributed by atoms with Crippen LogP contribution in [0.1, 0.15) is 24.1 Å². The number of nitrogens with zero attached hydrogens (tertiary/aromatic N) is 2. The number of hydrogen-bond donors (Lipinski definition) is 1. The van der Waals surface area contributed by atoms with Crippen LogP contribution in [0.3, 0.4) is 0 Å². The molecule has 0 amide bonds.